The molecule has 4 N–H and O–H groups in total. The molecule has 3 amide bonds. The number of rotatable bonds is 11. The van der Waals surface area contributed by atoms with Gasteiger partial charge in [0.1, 0.15) is 11.9 Å². The summed E-state index contributed by atoms with van der Waals surface area (Å²) in [6.45, 7) is 0.741. The lowest BCUT2D eigenvalue weighted by molar-refractivity contribution is -0.118. The van der Waals surface area contributed by atoms with Crippen LogP contribution in [-0.4, -0.2) is 58.5 Å². The van der Waals surface area contributed by atoms with Gasteiger partial charge in [-0.25, -0.2) is 19.7 Å². The molecule has 48 heavy (non-hydrogen) atoms. The van der Waals surface area contributed by atoms with Crippen LogP contribution >= 0.6 is 0 Å². The number of nitriles is 1. The smallest absolute Gasteiger partial charge is 0.323 e. The van der Waals surface area contributed by atoms with Gasteiger partial charge in [-0.2, -0.15) is 15.5 Å². The van der Waals surface area contributed by atoms with E-state index in [1.54, 1.807) is 39.1 Å². The highest BCUT2D eigenvalue weighted by Gasteiger charge is 2.31. The van der Waals surface area contributed by atoms with Crippen molar-refractivity contribution in [2.24, 2.45) is 12.8 Å². The Balaban J connectivity index is 1.15. The number of nitrogens with two attached hydrogens (primary N) is 1. The van der Waals surface area contributed by atoms with Gasteiger partial charge >= 0.3 is 6.03 Å². The zero-order valence-corrected chi connectivity index (χ0v) is 26.5. The van der Waals surface area contributed by atoms with E-state index in [1.165, 1.54) is 6.20 Å². The van der Waals surface area contributed by atoms with Crippen LogP contribution in [0.25, 0.3) is 22.4 Å². The molecule has 5 aromatic rings. The van der Waals surface area contributed by atoms with Gasteiger partial charge < -0.3 is 16.4 Å². The van der Waals surface area contributed by atoms with Gasteiger partial charge in [0.05, 0.1) is 29.8 Å². The number of anilines is 2. The predicted molar refractivity (Wildman–Crippen MR) is 179 cm³/mol. The third-order valence-electron chi connectivity index (χ3n) is 8.34. The summed E-state index contributed by atoms with van der Waals surface area (Å²) >= 11 is 0. The number of hydrogen-bond donors (Lipinski definition) is 3. The van der Waals surface area contributed by atoms with Gasteiger partial charge in [-0.3, -0.25) is 19.1 Å². The first-order valence-electron chi connectivity index (χ1n) is 15.8. The lowest BCUT2D eigenvalue weighted by Crippen LogP contribution is -2.49. The first-order chi connectivity index (χ1) is 23.4. The minimum atomic E-state index is -0.418. The van der Waals surface area contributed by atoms with Crippen molar-refractivity contribution in [1.82, 2.24) is 39.8 Å². The van der Waals surface area contributed by atoms with Crippen LogP contribution in [0.2, 0.25) is 0 Å². The van der Waals surface area contributed by atoms with Gasteiger partial charge in [0.2, 0.25) is 11.9 Å². The fourth-order valence-electron chi connectivity index (χ4n) is 5.83. The zero-order valence-electron chi connectivity index (χ0n) is 26.5. The summed E-state index contributed by atoms with van der Waals surface area (Å²) in [6, 6.07) is 15.6. The fourth-order valence-corrected chi connectivity index (χ4v) is 5.83. The van der Waals surface area contributed by atoms with Gasteiger partial charge in [0, 0.05) is 73.9 Å². The zero-order chi connectivity index (χ0) is 33.5. The number of aromatic nitrogens is 7. The summed E-state index contributed by atoms with van der Waals surface area (Å²) in [5, 5.41) is 24.7. The summed E-state index contributed by atoms with van der Waals surface area (Å²) in [5.41, 5.74) is 9.56. The van der Waals surface area contributed by atoms with Crippen LogP contribution in [0.15, 0.2) is 79.6 Å². The van der Waals surface area contributed by atoms with Crippen LogP contribution in [0, 0.1) is 11.3 Å². The fraction of sp³-hybridized carbons (Fsp3) is 0.294. The van der Waals surface area contributed by atoms with Crippen LogP contribution < -0.4 is 21.3 Å². The second-order valence-electron chi connectivity index (χ2n) is 11.7. The molecular formula is C34H36N12O2. The van der Waals surface area contributed by atoms with Crippen molar-refractivity contribution in [3.8, 4) is 28.5 Å². The molecule has 0 saturated heterocycles. The van der Waals surface area contributed by atoms with Crippen molar-refractivity contribution in [2.45, 2.75) is 57.3 Å². The van der Waals surface area contributed by atoms with Crippen LogP contribution in [0.4, 0.5) is 16.6 Å². The van der Waals surface area contributed by atoms with Crippen LogP contribution in [-0.2, 0) is 24.9 Å². The molecule has 0 unspecified atom stereocenters. The second kappa shape index (κ2) is 14.5. The van der Waals surface area contributed by atoms with Crippen LogP contribution in [0.3, 0.4) is 0 Å². The van der Waals surface area contributed by atoms with Gasteiger partial charge in [0.15, 0.2) is 0 Å². The molecule has 0 bridgehead atoms. The van der Waals surface area contributed by atoms with Crippen LogP contribution in [0.5, 0.6) is 0 Å². The first-order valence-corrected chi connectivity index (χ1v) is 15.8. The number of urea groups is 1. The normalized spacial score (nSPS) is 15.8. The number of carbonyl (C=O) groups is 2. The number of aryl methyl sites for hydroxylation is 2. The number of primary amides is 1. The minimum absolute atomic E-state index is 0.0653. The van der Waals surface area contributed by atoms with E-state index >= 15 is 0 Å². The molecule has 6 rings (SSSR count). The molecule has 0 atom stereocenters. The predicted octanol–water partition coefficient (Wildman–Crippen LogP) is 4.02. The van der Waals surface area contributed by atoms with E-state index in [2.05, 4.69) is 36.9 Å². The highest BCUT2D eigenvalue weighted by atomic mass is 16.2. The standard InChI is InChI=1S/C34H36N12O2/c1-44-21-26(19-40-44)24-7-12-31(37-17-24)46(34(48)39-16-23-5-3-2-4-6-23)29-10-8-28(9-11-29)42-33-38-18-25(15-35)32(43-33)27-20-41-45(22-27)14-13-30(36)47/h2-7,12,17-22,28-29H,8-11,13-14,16H2,1H3,(H2,36,47)(H,39,48)(H,38,42,43). The molecule has 0 spiro atoms. The third kappa shape index (κ3) is 7.64. The van der Waals surface area contributed by atoms with E-state index in [0.29, 0.717) is 41.7 Å². The summed E-state index contributed by atoms with van der Waals surface area (Å²) < 4.78 is 3.34. The quantitative estimate of drug-likeness (QED) is 0.191. The number of nitrogens with zero attached hydrogens (tertiary/aromatic N) is 9. The molecule has 0 radical (unpaired) electrons. The topological polar surface area (TPSA) is 186 Å². The molecule has 244 valence electrons. The van der Waals surface area contributed by atoms with Gasteiger partial charge in [0.25, 0.3) is 0 Å². The van der Waals surface area contributed by atoms with Crippen molar-refractivity contribution in [1.29, 1.82) is 5.26 Å². The van der Waals surface area contributed by atoms with E-state index in [4.69, 9.17) is 10.7 Å². The maximum atomic E-state index is 13.7. The summed E-state index contributed by atoms with van der Waals surface area (Å²) in [5.74, 6) is 0.572. The van der Waals surface area contributed by atoms with Gasteiger partial charge in [-0.05, 0) is 43.4 Å². The molecule has 14 heteroatoms. The number of benzene rings is 1. The lowest BCUT2D eigenvalue weighted by Gasteiger charge is -2.36. The second-order valence-corrected chi connectivity index (χ2v) is 11.7. The molecule has 4 aromatic heterocycles. The van der Waals surface area contributed by atoms with Gasteiger partial charge in [-0.15, -0.1) is 0 Å². The molecule has 14 nitrogen and oxygen atoms in total. The Labute approximate surface area is 277 Å². The largest absolute Gasteiger partial charge is 0.370 e. The van der Waals surface area contributed by atoms with E-state index < -0.39 is 5.91 Å². The van der Waals surface area contributed by atoms with E-state index in [9.17, 15) is 14.9 Å². The Morgan fingerprint density at radius 3 is 2.44 bits per heavy atom. The SMILES string of the molecule is Cn1cc(-c2ccc(N(C(=O)NCc3ccccc3)C3CCC(Nc4ncc(C#N)c(-c5cnn(CCC(N)=O)c5)n4)CC3)nc2)cn1. The highest BCUT2D eigenvalue weighted by molar-refractivity contribution is 5.91. The number of carbonyl (C=O) groups excluding carboxylic acids is 2. The maximum Gasteiger partial charge on any atom is 0.323 e. The Morgan fingerprint density at radius 1 is 0.958 bits per heavy atom. The number of pyridine rings is 1. The van der Waals surface area contributed by atoms with Gasteiger partial charge in [-0.1, -0.05) is 30.3 Å². The minimum Gasteiger partial charge on any atom is -0.370 e. The Bertz CT molecular complexity index is 1900. The average Bonchev–Trinajstić information content (AvgIpc) is 3.77. The first kappa shape index (κ1) is 31.9. The number of hydrogen-bond acceptors (Lipinski definition) is 9. The monoisotopic (exact) mass is 644 g/mol. The molecule has 1 aromatic carbocycles. The van der Waals surface area contributed by atoms with Crippen molar-refractivity contribution in [2.75, 3.05) is 10.2 Å². The maximum absolute atomic E-state index is 13.7. The molecule has 1 aliphatic carbocycles. The molecule has 1 saturated carbocycles. The number of amides is 3. The number of nitrogens with one attached hydrogen (secondary N) is 2. The van der Waals surface area contributed by atoms with Crippen molar-refractivity contribution < 1.29 is 9.59 Å². The van der Waals surface area contributed by atoms with E-state index in [-0.39, 0.29) is 24.5 Å². The van der Waals surface area contributed by atoms with Crippen molar-refractivity contribution in [3.63, 3.8) is 0 Å². The summed E-state index contributed by atoms with van der Waals surface area (Å²) in [7, 11) is 1.87. The average molecular weight is 645 g/mol. The van der Waals surface area contributed by atoms with Crippen molar-refractivity contribution >= 4 is 23.7 Å². The van der Waals surface area contributed by atoms with E-state index in [0.717, 1.165) is 42.4 Å². The van der Waals surface area contributed by atoms with Crippen molar-refractivity contribution in [3.05, 3.63) is 90.8 Å². The summed E-state index contributed by atoms with van der Waals surface area (Å²) in [4.78, 5) is 40.4. The molecule has 1 aliphatic rings. The Hall–Kier alpha value is -6.10. The van der Waals surface area contributed by atoms with E-state index in [1.807, 2.05) is 55.7 Å². The van der Waals surface area contributed by atoms with Crippen LogP contribution in [0.1, 0.15) is 43.2 Å². The molecule has 0 aliphatic heterocycles. The Kier molecular flexibility index (Phi) is 9.66. The Morgan fingerprint density at radius 2 is 1.75 bits per heavy atom. The third-order valence-corrected chi connectivity index (χ3v) is 8.34. The summed E-state index contributed by atoms with van der Waals surface area (Å²) in [6.07, 6.45) is 13.5. The highest BCUT2D eigenvalue weighted by Crippen LogP contribution is 2.30. The molecule has 4 heterocycles. The molecule has 1 fully saturated rings. The lowest BCUT2D eigenvalue weighted by atomic mass is 9.90. The molecular weight excluding hydrogens is 608 g/mol.